The Morgan fingerprint density at radius 1 is 1.23 bits per heavy atom. The number of rotatable bonds is 5. The molecule has 4 aromatic rings. The summed E-state index contributed by atoms with van der Waals surface area (Å²) in [5, 5.41) is 4.11. The summed E-state index contributed by atoms with van der Waals surface area (Å²) < 4.78 is 2.15. The highest BCUT2D eigenvalue weighted by Gasteiger charge is 2.10. The van der Waals surface area contributed by atoms with Gasteiger partial charge in [0, 0.05) is 29.7 Å². The van der Waals surface area contributed by atoms with E-state index < -0.39 is 0 Å². The van der Waals surface area contributed by atoms with Crippen molar-refractivity contribution in [1.29, 1.82) is 0 Å². The summed E-state index contributed by atoms with van der Waals surface area (Å²) in [6.45, 7) is 4.78. The molecule has 0 aliphatic carbocycles. The third-order valence-electron chi connectivity index (χ3n) is 4.71. The molecule has 5 nitrogen and oxygen atoms in total. The third-order valence-corrected chi connectivity index (χ3v) is 4.71. The molecular weight excluding hydrogens is 324 g/mol. The Labute approximate surface area is 152 Å². The number of hydrogen-bond donors (Lipinski definition) is 2. The van der Waals surface area contributed by atoms with Gasteiger partial charge in [0.15, 0.2) is 0 Å². The molecule has 1 amide bonds. The Morgan fingerprint density at radius 2 is 2.08 bits per heavy atom. The molecule has 2 N–H and O–H groups in total. The van der Waals surface area contributed by atoms with Crippen LogP contribution in [0.15, 0.2) is 55.0 Å². The standard InChI is InChI=1S/C21H22N4O/c1-14(2)25-13-24-19-9-15(7-8-20(19)25)11-23-21(26)10-16-12-22-18-6-4-3-5-17(16)18/h3-9,12-14,22H,10-11H2,1-2H3,(H,23,26). The molecule has 26 heavy (non-hydrogen) atoms. The van der Waals surface area contributed by atoms with Gasteiger partial charge in [-0.05, 0) is 43.2 Å². The number of aromatic amines is 1. The number of amides is 1. The minimum absolute atomic E-state index is 0.0163. The van der Waals surface area contributed by atoms with Crippen LogP contribution in [0, 0.1) is 0 Å². The summed E-state index contributed by atoms with van der Waals surface area (Å²) in [6, 6.07) is 14.6. The summed E-state index contributed by atoms with van der Waals surface area (Å²) >= 11 is 0. The predicted molar refractivity (Wildman–Crippen MR) is 104 cm³/mol. The number of imidazole rings is 1. The van der Waals surface area contributed by atoms with Crippen LogP contribution >= 0.6 is 0 Å². The minimum atomic E-state index is 0.0163. The molecule has 0 unspecified atom stereocenters. The van der Waals surface area contributed by atoms with E-state index in [9.17, 15) is 4.79 Å². The monoisotopic (exact) mass is 346 g/mol. The second-order valence-electron chi connectivity index (χ2n) is 6.88. The van der Waals surface area contributed by atoms with E-state index in [1.54, 1.807) is 0 Å². The number of hydrogen-bond acceptors (Lipinski definition) is 2. The van der Waals surface area contributed by atoms with E-state index >= 15 is 0 Å². The van der Waals surface area contributed by atoms with Crippen LogP contribution in [0.1, 0.15) is 31.0 Å². The average molecular weight is 346 g/mol. The van der Waals surface area contributed by atoms with Crippen molar-refractivity contribution in [1.82, 2.24) is 19.9 Å². The first-order valence-electron chi connectivity index (χ1n) is 8.89. The summed E-state index contributed by atoms with van der Waals surface area (Å²) in [4.78, 5) is 20.0. The fourth-order valence-electron chi connectivity index (χ4n) is 3.31. The van der Waals surface area contributed by atoms with Crippen LogP contribution in [0.25, 0.3) is 21.9 Å². The molecule has 0 spiro atoms. The number of carbonyl (C=O) groups excluding carboxylic acids is 1. The van der Waals surface area contributed by atoms with Crippen LogP contribution in [0.3, 0.4) is 0 Å². The number of nitrogens with zero attached hydrogens (tertiary/aromatic N) is 2. The molecule has 0 fully saturated rings. The van der Waals surface area contributed by atoms with Crippen molar-refractivity contribution in [3.8, 4) is 0 Å². The first-order valence-corrected chi connectivity index (χ1v) is 8.89. The van der Waals surface area contributed by atoms with E-state index in [0.717, 1.165) is 33.1 Å². The van der Waals surface area contributed by atoms with Gasteiger partial charge in [-0.2, -0.15) is 0 Å². The molecule has 2 aromatic carbocycles. The summed E-state index contributed by atoms with van der Waals surface area (Å²) in [7, 11) is 0. The van der Waals surface area contributed by atoms with E-state index in [4.69, 9.17) is 0 Å². The first kappa shape index (κ1) is 16.4. The molecule has 2 aromatic heterocycles. The van der Waals surface area contributed by atoms with E-state index in [1.807, 2.05) is 42.9 Å². The fourth-order valence-corrected chi connectivity index (χ4v) is 3.31. The molecule has 0 aliphatic heterocycles. The van der Waals surface area contributed by atoms with Crippen LogP contribution < -0.4 is 5.32 Å². The van der Waals surface area contributed by atoms with Crippen molar-refractivity contribution < 1.29 is 4.79 Å². The lowest BCUT2D eigenvalue weighted by Gasteiger charge is -2.09. The Bertz CT molecular complexity index is 1070. The molecule has 132 valence electrons. The van der Waals surface area contributed by atoms with Gasteiger partial charge in [-0.3, -0.25) is 4.79 Å². The Morgan fingerprint density at radius 3 is 2.92 bits per heavy atom. The molecule has 0 atom stereocenters. The molecule has 0 saturated carbocycles. The van der Waals surface area contributed by atoms with Crippen molar-refractivity contribution in [3.05, 3.63) is 66.1 Å². The van der Waals surface area contributed by atoms with Gasteiger partial charge in [-0.1, -0.05) is 24.3 Å². The highest BCUT2D eigenvalue weighted by atomic mass is 16.1. The number of carbonyl (C=O) groups is 1. The largest absolute Gasteiger partial charge is 0.361 e. The maximum Gasteiger partial charge on any atom is 0.224 e. The number of benzene rings is 2. The van der Waals surface area contributed by atoms with Gasteiger partial charge in [-0.25, -0.2) is 4.98 Å². The molecule has 0 saturated heterocycles. The maximum absolute atomic E-state index is 12.3. The van der Waals surface area contributed by atoms with Crippen LogP contribution in [0.2, 0.25) is 0 Å². The van der Waals surface area contributed by atoms with Gasteiger partial charge >= 0.3 is 0 Å². The van der Waals surface area contributed by atoms with Crippen LogP contribution in [0.5, 0.6) is 0 Å². The molecular formula is C21H22N4O. The zero-order valence-corrected chi connectivity index (χ0v) is 15.0. The normalized spacial score (nSPS) is 11.5. The second kappa shape index (κ2) is 6.67. The molecule has 0 bridgehead atoms. The smallest absolute Gasteiger partial charge is 0.224 e. The van der Waals surface area contributed by atoms with Crippen LogP contribution in [0.4, 0.5) is 0 Å². The maximum atomic E-state index is 12.3. The van der Waals surface area contributed by atoms with E-state index in [1.165, 1.54) is 0 Å². The molecule has 2 heterocycles. The van der Waals surface area contributed by atoms with Crippen molar-refractivity contribution in [2.45, 2.75) is 32.9 Å². The molecule has 4 rings (SSSR count). The zero-order valence-electron chi connectivity index (χ0n) is 15.0. The van der Waals surface area contributed by atoms with Gasteiger partial charge in [0.05, 0.1) is 23.8 Å². The Hall–Kier alpha value is -3.08. The van der Waals surface area contributed by atoms with Crippen LogP contribution in [-0.2, 0) is 17.8 Å². The van der Waals surface area contributed by atoms with Gasteiger partial charge in [0.2, 0.25) is 5.91 Å². The number of nitrogens with one attached hydrogen (secondary N) is 2. The van der Waals surface area contributed by atoms with Gasteiger partial charge < -0.3 is 14.9 Å². The molecule has 0 aliphatic rings. The van der Waals surface area contributed by atoms with E-state index in [-0.39, 0.29) is 5.91 Å². The van der Waals surface area contributed by atoms with Crippen molar-refractivity contribution >= 4 is 27.8 Å². The van der Waals surface area contributed by atoms with Crippen molar-refractivity contribution in [3.63, 3.8) is 0 Å². The second-order valence-corrected chi connectivity index (χ2v) is 6.88. The van der Waals surface area contributed by atoms with E-state index in [2.05, 4.69) is 45.8 Å². The lowest BCUT2D eigenvalue weighted by molar-refractivity contribution is -0.120. The topological polar surface area (TPSA) is 62.7 Å². The minimum Gasteiger partial charge on any atom is -0.361 e. The third kappa shape index (κ3) is 3.08. The summed E-state index contributed by atoms with van der Waals surface area (Å²) in [5.74, 6) is 0.0163. The quantitative estimate of drug-likeness (QED) is 0.574. The summed E-state index contributed by atoms with van der Waals surface area (Å²) in [5.41, 5.74) is 5.21. The highest BCUT2D eigenvalue weighted by molar-refractivity contribution is 5.88. The number of para-hydroxylation sites is 1. The highest BCUT2D eigenvalue weighted by Crippen LogP contribution is 2.20. The SMILES string of the molecule is CC(C)n1cnc2cc(CNC(=O)Cc3c[nH]c4ccccc34)ccc21. The lowest BCUT2D eigenvalue weighted by atomic mass is 10.1. The van der Waals surface area contributed by atoms with Crippen molar-refractivity contribution in [2.75, 3.05) is 0 Å². The van der Waals surface area contributed by atoms with Gasteiger partial charge in [0.25, 0.3) is 0 Å². The van der Waals surface area contributed by atoms with Crippen LogP contribution in [-0.4, -0.2) is 20.4 Å². The predicted octanol–water partition coefficient (Wildman–Crippen LogP) is 3.96. The van der Waals surface area contributed by atoms with E-state index in [0.29, 0.717) is 19.0 Å². The van der Waals surface area contributed by atoms with Crippen molar-refractivity contribution in [2.24, 2.45) is 0 Å². The average Bonchev–Trinajstić information content (AvgIpc) is 3.24. The Kier molecular flexibility index (Phi) is 4.21. The Balaban J connectivity index is 1.43. The lowest BCUT2D eigenvalue weighted by Crippen LogP contribution is -2.24. The molecule has 5 heteroatoms. The number of fused-ring (bicyclic) bond motifs is 2. The molecule has 0 radical (unpaired) electrons. The first-order chi connectivity index (χ1) is 12.6. The fraction of sp³-hybridized carbons (Fsp3) is 0.238. The van der Waals surface area contributed by atoms with Gasteiger partial charge in [-0.15, -0.1) is 0 Å². The number of H-pyrrole nitrogens is 1. The number of aromatic nitrogens is 3. The zero-order chi connectivity index (χ0) is 18.1. The summed E-state index contributed by atoms with van der Waals surface area (Å²) in [6.07, 6.45) is 4.15. The van der Waals surface area contributed by atoms with Gasteiger partial charge in [0.1, 0.15) is 0 Å².